The lowest BCUT2D eigenvalue weighted by atomic mass is 10.2. The van der Waals surface area contributed by atoms with Gasteiger partial charge in [-0.15, -0.1) is 0 Å². The fourth-order valence-corrected chi connectivity index (χ4v) is 3.04. The summed E-state index contributed by atoms with van der Waals surface area (Å²) in [5.41, 5.74) is 2.27. The van der Waals surface area contributed by atoms with Gasteiger partial charge in [0, 0.05) is 22.2 Å². The number of pyridine rings is 1. The molecule has 0 amide bonds. The van der Waals surface area contributed by atoms with E-state index in [1.807, 2.05) is 54.6 Å². The molecular formula is C21H16ClNO4. The van der Waals surface area contributed by atoms with Gasteiger partial charge in [-0.1, -0.05) is 23.7 Å². The van der Waals surface area contributed by atoms with Crippen LogP contribution in [0.15, 0.2) is 59.0 Å². The number of furan rings is 1. The Bertz CT molecular complexity index is 1140. The van der Waals surface area contributed by atoms with Crippen molar-refractivity contribution in [3.05, 3.63) is 59.6 Å². The minimum absolute atomic E-state index is 0.0930. The van der Waals surface area contributed by atoms with Crippen molar-refractivity contribution in [1.82, 2.24) is 4.98 Å². The minimum Gasteiger partial charge on any atom is -0.494 e. The number of carboxylic acid groups (broad SMARTS) is 1. The third-order valence-electron chi connectivity index (χ3n) is 4.20. The molecule has 1 N–H and O–H groups in total. The number of halogens is 1. The molecule has 0 atom stereocenters. The summed E-state index contributed by atoms with van der Waals surface area (Å²) in [6.45, 7) is 0.357. The number of rotatable bonds is 6. The molecule has 136 valence electrons. The number of aromatic nitrogens is 1. The van der Waals surface area contributed by atoms with Gasteiger partial charge in [-0.05, 0) is 48.9 Å². The van der Waals surface area contributed by atoms with E-state index in [1.165, 1.54) is 0 Å². The topological polar surface area (TPSA) is 72.6 Å². The standard InChI is InChI=1S/C21H16ClNO4/c22-15-5-3-13-4-7-17(23-18(13)12-15)20-11-14-10-16(6-8-19(14)27-20)26-9-1-2-21(24)25/h3-8,10-12H,1-2,9H2,(H,24,25). The summed E-state index contributed by atoms with van der Waals surface area (Å²) >= 11 is 6.06. The van der Waals surface area contributed by atoms with Gasteiger partial charge in [-0.3, -0.25) is 4.79 Å². The number of carbonyl (C=O) groups is 1. The van der Waals surface area contributed by atoms with Crippen LogP contribution in [0.4, 0.5) is 0 Å². The predicted octanol–water partition coefficient (Wildman–Crippen LogP) is 5.55. The Balaban J connectivity index is 1.58. The first kappa shape index (κ1) is 17.4. The van der Waals surface area contributed by atoms with Gasteiger partial charge in [0.25, 0.3) is 0 Å². The number of ether oxygens (including phenoxy) is 1. The first-order chi connectivity index (χ1) is 13.1. The van der Waals surface area contributed by atoms with Crippen molar-refractivity contribution in [2.45, 2.75) is 12.8 Å². The number of hydrogen-bond acceptors (Lipinski definition) is 4. The van der Waals surface area contributed by atoms with E-state index >= 15 is 0 Å². The first-order valence-electron chi connectivity index (χ1n) is 8.53. The Kier molecular flexibility index (Phi) is 4.69. The second kappa shape index (κ2) is 7.29. The summed E-state index contributed by atoms with van der Waals surface area (Å²) in [7, 11) is 0. The van der Waals surface area contributed by atoms with Crippen LogP contribution in [0.25, 0.3) is 33.3 Å². The van der Waals surface area contributed by atoms with Crippen LogP contribution < -0.4 is 4.74 Å². The van der Waals surface area contributed by atoms with Crippen molar-refractivity contribution in [3.63, 3.8) is 0 Å². The molecule has 0 saturated carbocycles. The molecule has 0 unspecified atom stereocenters. The minimum atomic E-state index is -0.822. The average Bonchev–Trinajstić information content (AvgIpc) is 3.08. The number of carboxylic acids is 1. The van der Waals surface area contributed by atoms with E-state index < -0.39 is 5.97 Å². The molecule has 0 aliphatic carbocycles. The van der Waals surface area contributed by atoms with Gasteiger partial charge in [0.15, 0.2) is 5.76 Å². The van der Waals surface area contributed by atoms with Gasteiger partial charge in [-0.25, -0.2) is 4.98 Å². The molecule has 2 heterocycles. The Morgan fingerprint density at radius 2 is 1.93 bits per heavy atom. The Morgan fingerprint density at radius 3 is 2.78 bits per heavy atom. The molecule has 0 spiro atoms. The first-order valence-corrected chi connectivity index (χ1v) is 8.91. The maximum atomic E-state index is 10.5. The molecule has 6 heteroatoms. The second-order valence-corrected chi connectivity index (χ2v) is 6.63. The number of benzene rings is 2. The van der Waals surface area contributed by atoms with Gasteiger partial charge >= 0.3 is 5.97 Å². The highest BCUT2D eigenvalue weighted by Crippen LogP contribution is 2.30. The van der Waals surface area contributed by atoms with E-state index in [1.54, 1.807) is 0 Å². The van der Waals surface area contributed by atoms with Crippen LogP contribution >= 0.6 is 11.6 Å². The Labute approximate surface area is 160 Å². The van der Waals surface area contributed by atoms with Gasteiger partial charge in [0.2, 0.25) is 0 Å². The lowest BCUT2D eigenvalue weighted by Crippen LogP contribution is -2.01. The third kappa shape index (κ3) is 3.88. The lowest BCUT2D eigenvalue weighted by Gasteiger charge is -2.04. The number of hydrogen-bond donors (Lipinski definition) is 1. The zero-order chi connectivity index (χ0) is 18.8. The maximum Gasteiger partial charge on any atom is 0.303 e. The third-order valence-corrected chi connectivity index (χ3v) is 4.43. The normalized spacial score (nSPS) is 11.1. The molecular weight excluding hydrogens is 366 g/mol. The highest BCUT2D eigenvalue weighted by atomic mass is 35.5. The van der Waals surface area contributed by atoms with Crippen LogP contribution in [0.2, 0.25) is 5.02 Å². The lowest BCUT2D eigenvalue weighted by molar-refractivity contribution is -0.137. The zero-order valence-corrected chi connectivity index (χ0v) is 15.1. The van der Waals surface area contributed by atoms with Crippen LogP contribution in [0.5, 0.6) is 5.75 Å². The monoisotopic (exact) mass is 381 g/mol. The van der Waals surface area contributed by atoms with Crippen LogP contribution in [0.3, 0.4) is 0 Å². The molecule has 2 aromatic heterocycles. The molecule has 0 saturated heterocycles. The molecule has 0 aliphatic heterocycles. The van der Waals surface area contributed by atoms with E-state index in [0.29, 0.717) is 29.6 Å². The Hall–Kier alpha value is -3.05. The van der Waals surface area contributed by atoms with E-state index in [4.69, 9.17) is 25.9 Å². The summed E-state index contributed by atoms with van der Waals surface area (Å²) in [6, 6.07) is 16.9. The molecule has 0 fully saturated rings. The van der Waals surface area contributed by atoms with Gasteiger partial charge in [0.1, 0.15) is 17.0 Å². The smallest absolute Gasteiger partial charge is 0.303 e. The van der Waals surface area contributed by atoms with Gasteiger partial charge in [-0.2, -0.15) is 0 Å². The molecule has 2 aromatic carbocycles. The van der Waals surface area contributed by atoms with E-state index in [2.05, 4.69) is 4.98 Å². The highest BCUT2D eigenvalue weighted by molar-refractivity contribution is 6.31. The van der Waals surface area contributed by atoms with E-state index in [0.717, 1.165) is 27.6 Å². The number of nitrogens with zero attached hydrogens (tertiary/aromatic N) is 1. The van der Waals surface area contributed by atoms with Crippen molar-refractivity contribution in [1.29, 1.82) is 0 Å². The predicted molar refractivity (Wildman–Crippen MR) is 104 cm³/mol. The van der Waals surface area contributed by atoms with Crippen molar-refractivity contribution >= 4 is 39.4 Å². The molecule has 0 bridgehead atoms. The van der Waals surface area contributed by atoms with Crippen molar-refractivity contribution in [3.8, 4) is 17.2 Å². The van der Waals surface area contributed by atoms with Crippen LogP contribution in [-0.2, 0) is 4.79 Å². The fourth-order valence-electron chi connectivity index (χ4n) is 2.88. The fraction of sp³-hybridized carbons (Fsp3) is 0.143. The highest BCUT2D eigenvalue weighted by Gasteiger charge is 2.10. The van der Waals surface area contributed by atoms with Crippen molar-refractivity contribution < 1.29 is 19.1 Å². The van der Waals surface area contributed by atoms with Crippen molar-refractivity contribution in [2.75, 3.05) is 6.61 Å². The molecule has 0 aliphatic rings. The molecule has 0 radical (unpaired) electrons. The summed E-state index contributed by atoms with van der Waals surface area (Å²) in [4.78, 5) is 15.2. The quantitative estimate of drug-likeness (QED) is 0.443. The SMILES string of the molecule is O=C(O)CCCOc1ccc2oc(-c3ccc4ccc(Cl)cc4n3)cc2c1. The number of fused-ring (bicyclic) bond motifs is 2. The van der Waals surface area contributed by atoms with Crippen LogP contribution in [-0.4, -0.2) is 22.7 Å². The van der Waals surface area contributed by atoms with Gasteiger partial charge < -0.3 is 14.3 Å². The van der Waals surface area contributed by atoms with Gasteiger partial charge in [0.05, 0.1) is 12.1 Å². The summed E-state index contributed by atoms with van der Waals surface area (Å²) in [6.07, 6.45) is 0.559. The average molecular weight is 382 g/mol. The van der Waals surface area contributed by atoms with Crippen molar-refractivity contribution in [2.24, 2.45) is 0 Å². The summed E-state index contributed by atoms with van der Waals surface area (Å²) in [5.74, 6) is 0.520. The summed E-state index contributed by atoms with van der Waals surface area (Å²) < 4.78 is 11.5. The molecule has 4 rings (SSSR count). The molecule has 4 aromatic rings. The van der Waals surface area contributed by atoms with Crippen LogP contribution in [0, 0.1) is 0 Å². The van der Waals surface area contributed by atoms with Crippen LogP contribution in [0.1, 0.15) is 12.8 Å². The second-order valence-electron chi connectivity index (χ2n) is 6.19. The van der Waals surface area contributed by atoms with E-state index in [-0.39, 0.29) is 6.42 Å². The number of aliphatic carboxylic acids is 1. The summed E-state index contributed by atoms with van der Waals surface area (Å²) in [5, 5.41) is 11.2. The Morgan fingerprint density at radius 1 is 1.07 bits per heavy atom. The maximum absolute atomic E-state index is 10.5. The van der Waals surface area contributed by atoms with E-state index in [9.17, 15) is 4.79 Å². The largest absolute Gasteiger partial charge is 0.494 e. The molecule has 27 heavy (non-hydrogen) atoms. The zero-order valence-electron chi connectivity index (χ0n) is 14.3. The molecule has 5 nitrogen and oxygen atoms in total.